The van der Waals surface area contributed by atoms with Gasteiger partial charge in [0.05, 0.1) is 14.9 Å². The first-order valence-corrected chi connectivity index (χ1v) is 10.6. The van der Waals surface area contributed by atoms with Gasteiger partial charge in [-0.15, -0.1) is 0 Å². The fraction of sp³-hybridized carbons (Fsp3) is 0.263. The van der Waals surface area contributed by atoms with E-state index >= 15 is 0 Å². The Labute approximate surface area is 164 Å². The van der Waals surface area contributed by atoms with Gasteiger partial charge >= 0.3 is 0 Å². The largest absolute Gasteiger partial charge is 0.297 e. The van der Waals surface area contributed by atoms with Crippen LogP contribution in [0.2, 0.25) is 10.0 Å². The van der Waals surface area contributed by atoms with Gasteiger partial charge in [-0.05, 0) is 23.8 Å². The van der Waals surface area contributed by atoms with Crippen molar-refractivity contribution >= 4 is 39.3 Å². The normalized spacial score (nSPS) is 17.0. The van der Waals surface area contributed by atoms with Crippen molar-refractivity contribution in [2.45, 2.75) is 4.90 Å². The Kier molecular flexibility index (Phi) is 6.37. The highest BCUT2D eigenvalue weighted by molar-refractivity contribution is 7.89. The Bertz CT molecular complexity index is 878. The molecule has 0 bridgehead atoms. The Morgan fingerprint density at radius 2 is 1.62 bits per heavy atom. The molecule has 2 aromatic rings. The Hall–Kier alpha value is -1.37. The number of sulfonamides is 1. The lowest BCUT2D eigenvalue weighted by Crippen LogP contribution is -2.48. The minimum atomic E-state index is -3.54. The number of hydrogen-bond donors (Lipinski definition) is 0. The molecule has 0 aromatic heterocycles. The zero-order valence-corrected chi connectivity index (χ0v) is 16.5. The van der Waals surface area contributed by atoms with Gasteiger partial charge in [0.25, 0.3) is 0 Å². The van der Waals surface area contributed by atoms with Crippen molar-refractivity contribution in [3.63, 3.8) is 0 Å². The van der Waals surface area contributed by atoms with E-state index in [2.05, 4.69) is 29.2 Å². The summed E-state index contributed by atoms with van der Waals surface area (Å²) in [6.45, 7) is 3.11. The molecule has 0 spiro atoms. The van der Waals surface area contributed by atoms with E-state index in [1.807, 2.05) is 18.2 Å². The average Bonchev–Trinajstić information content (AvgIpc) is 2.65. The van der Waals surface area contributed by atoms with Crippen LogP contribution in [0.5, 0.6) is 0 Å². The third-order valence-corrected chi connectivity index (χ3v) is 6.97. The summed E-state index contributed by atoms with van der Waals surface area (Å²) in [7, 11) is -3.54. The fourth-order valence-corrected chi connectivity index (χ4v) is 4.65. The molecule has 1 saturated heterocycles. The molecule has 3 rings (SSSR count). The molecule has 1 heterocycles. The van der Waals surface area contributed by atoms with Gasteiger partial charge in [-0.25, -0.2) is 8.42 Å². The minimum absolute atomic E-state index is 0.185. The molecule has 0 aliphatic carbocycles. The fourth-order valence-electron chi connectivity index (χ4n) is 2.84. The maximum absolute atomic E-state index is 12.7. The highest BCUT2D eigenvalue weighted by Crippen LogP contribution is 2.27. The first kappa shape index (κ1) is 19.4. The van der Waals surface area contributed by atoms with Crippen molar-refractivity contribution in [3.05, 3.63) is 70.2 Å². The van der Waals surface area contributed by atoms with Crippen LogP contribution in [0.3, 0.4) is 0 Å². The number of hydrogen-bond acceptors (Lipinski definition) is 3. The summed E-state index contributed by atoms with van der Waals surface area (Å²) in [5.41, 5.74) is 1.16. The summed E-state index contributed by atoms with van der Waals surface area (Å²) in [6, 6.07) is 14.5. The van der Waals surface area contributed by atoms with Crippen LogP contribution in [0, 0.1) is 0 Å². The van der Waals surface area contributed by atoms with E-state index in [1.165, 1.54) is 22.5 Å². The van der Waals surface area contributed by atoms with Crippen LogP contribution in [0.25, 0.3) is 6.08 Å². The van der Waals surface area contributed by atoms with E-state index in [0.29, 0.717) is 31.2 Å². The van der Waals surface area contributed by atoms with Crippen LogP contribution < -0.4 is 0 Å². The van der Waals surface area contributed by atoms with Gasteiger partial charge in [0.1, 0.15) is 0 Å². The quantitative estimate of drug-likeness (QED) is 0.747. The monoisotopic (exact) mass is 410 g/mol. The summed E-state index contributed by atoms with van der Waals surface area (Å²) in [4.78, 5) is 2.42. The molecule has 1 aliphatic rings. The highest BCUT2D eigenvalue weighted by Gasteiger charge is 2.28. The molecule has 0 N–H and O–H groups in total. The van der Waals surface area contributed by atoms with Crippen LogP contribution in [-0.2, 0) is 10.0 Å². The Morgan fingerprint density at radius 1 is 0.923 bits per heavy atom. The summed E-state index contributed by atoms with van der Waals surface area (Å²) >= 11 is 11.8. The highest BCUT2D eigenvalue weighted by atomic mass is 35.5. The van der Waals surface area contributed by atoms with Gasteiger partial charge in [-0.1, -0.05) is 65.7 Å². The Balaban J connectivity index is 1.57. The van der Waals surface area contributed by atoms with Crippen LogP contribution in [-0.4, -0.2) is 50.3 Å². The van der Waals surface area contributed by atoms with Gasteiger partial charge < -0.3 is 0 Å². The molecule has 7 heteroatoms. The van der Waals surface area contributed by atoms with E-state index in [4.69, 9.17) is 23.2 Å². The first-order valence-electron chi connectivity index (χ1n) is 8.36. The van der Waals surface area contributed by atoms with Gasteiger partial charge in [-0.2, -0.15) is 4.31 Å². The van der Waals surface area contributed by atoms with E-state index in [0.717, 1.165) is 12.1 Å². The van der Waals surface area contributed by atoms with E-state index in [-0.39, 0.29) is 9.92 Å². The Morgan fingerprint density at radius 3 is 2.27 bits per heavy atom. The maximum Gasteiger partial charge on any atom is 0.243 e. The summed E-state index contributed by atoms with van der Waals surface area (Å²) in [5, 5.41) is 0.595. The van der Waals surface area contributed by atoms with E-state index < -0.39 is 10.0 Å². The second-order valence-corrected chi connectivity index (χ2v) is 8.85. The number of benzene rings is 2. The molecule has 0 amide bonds. The third-order valence-electron chi connectivity index (χ3n) is 4.33. The van der Waals surface area contributed by atoms with Gasteiger partial charge in [0, 0.05) is 32.7 Å². The van der Waals surface area contributed by atoms with E-state index in [1.54, 1.807) is 0 Å². The molecule has 0 saturated carbocycles. The number of piperazine rings is 1. The number of nitrogens with zero attached hydrogens (tertiary/aromatic N) is 2. The molecule has 0 radical (unpaired) electrons. The second kappa shape index (κ2) is 8.55. The van der Waals surface area contributed by atoms with E-state index in [9.17, 15) is 8.42 Å². The van der Waals surface area contributed by atoms with Crippen molar-refractivity contribution in [2.75, 3.05) is 32.7 Å². The average molecular weight is 411 g/mol. The smallest absolute Gasteiger partial charge is 0.243 e. The van der Waals surface area contributed by atoms with Gasteiger partial charge in [0.15, 0.2) is 0 Å². The molecule has 4 nitrogen and oxygen atoms in total. The molecule has 1 aliphatic heterocycles. The predicted octanol–water partition coefficient (Wildman–Crippen LogP) is 4.01. The number of rotatable bonds is 5. The molecule has 138 valence electrons. The van der Waals surface area contributed by atoms with Crippen LogP contribution >= 0.6 is 23.2 Å². The molecule has 0 unspecified atom stereocenters. The molecule has 26 heavy (non-hydrogen) atoms. The van der Waals surface area contributed by atoms with Crippen LogP contribution in [0.4, 0.5) is 0 Å². The van der Waals surface area contributed by atoms with Gasteiger partial charge in [-0.3, -0.25) is 4.90 Å². The zero-order valence-electron chi connectivity index (χ0n) is 14.2. The molecular weight excluding hydrogens is 391 g/mol. The molecule has 1 fully saturated rings. The summed E-state index contributed by atoms with van der Waals surface area (Å²) in [5.74, 6) is 0. The summed E-state index contributed by atoms with van der Waals surface area (Å²) in [6.07, 6.45) is 4.19. The SMILES string of the molecule is O=S(=O)(c1ccc(Cl)c(Cl)c1)N1CCN(CC=Cc2ccccc2)CC1. The summed E-state index contributed by atoms with van der Waals surface area (Å²) < 4.78 is 27.0. The van der Waals surface area contributed by atoms with Gasteiger partial charge in [0.2, 0.25) is 10.0 Å². The minimum Gasteiger partial charge on any atom is -0.297 e. The predicted molar refractivity (Wildman–Crippen MR) is 107 cm³/mol. The van der Waals surface area contributed by atoms with Crippen molar-refractivity contribution in [3.8, 4) is 0 Å². The van der Waals surface area contributed by atoms with Crippen molar-refractivity contribution < 1.29 is 8.42 Å². The third kappa shape index (κ3) is 4.67. The lowest BCUT2D eigenvalue weighted by molar-refractivity contribution is 0.204. The topological polar surface area (TPSA) is 40.6 Å². The lowest BCUT2D eigenvalue weighted by Gasteiger charge is -2.33. The second-order valence-electron chi connectivity index (χ2n) is 6.09. The first-order chi connectivity index (χ1) is 12.5. The van der Waals surface area contributed by atoms with Crippen molar-refractivity contribution in [2.24, 2.45) is 0 Å². The molecule has 2 aromatic carbocycles. The molecule has 0 atom stereocenters. The van der Waals surface area contributed by atoms with Crippen molar-refractivity contribution in [1.82, 2.24) is 9.21 Å². The van der Waals surface area contributed by atoms with Crippen LogP contribution in [0.1, 0.15) is 5.56 Å². The lowest BCUT2D eigenvalue weighted by atomic mass is 10.2. The number of halogens is 2. The standard InChI is InChI=1S/C19H20Cl2N2O2S/c20-18-9-8-17(15-19(18)21)26(24,25)23-13-11-22(12-14-23)10-4-7-16-5-2-1-3-6-16/h1-9,15H,10-14H2. The zero-order chi connectivity index (χ0) is 18.6. The van der Waals surface area contributed by atoms with Crippen LogP contribution in [0.15, 0.2) is 59.5 Å². The molecular formula is C19H20Cl2N2O2S. The maximum atomic E-state index is 12.7. The van der Waals surface area contributed by atoms with Crippen molar-refractivity contribution in [1.29, 1.82) is 0 Å².